The molecule has 0 aromatic heterocycles. The summed E-state index contributed by atoms with van der Waals surface area (Å²) in [5.41, 5.74) is 1.32. The summed E-state index contributed by atoms with van der Waals surface area (Å²) in [5, 5.41) is 14.4. The van der Waals surface area contributed by atoms with E-state index in [-0.39, 0.29) is 61.8 Å². The number of benzene rings is 1. The highest BCUT2D eigenvalue weighted by atomic mass is 16.5. The van der Waals surface area contributed by atoms with Crippen molar-refractivity contribution < 1.29 is 38.5 Å². The molecule has 2 aliphatic heterocycles. The van der Waals surface area contributed by atoms with Crippen LogP contribution in [-0.4, -0.2) is 142 Å². The second kappa shape index (κ2) is 25.7. The number of carbonyl (C=O) groups excluding carboxylic acids is 4. The number of methoxy groups -OCH3 is 2. The Hall–Kier alpha value is -3.26. The third-order valence-electron chi connectivity index (χ3n) is 9.35. The Labute approximate surface area is 306 Å². The third kappa shape index (κ3) is 15.5. The van der Waals surface area contributed by atoms with Crippen molar-refractivity contribution in [3.05, 3.63) is 35.9 Å². The molecule has 13 nitrogen and oxygen atoms in total. The van der Waals surface area contributed by atoms with Gasteiger partial charge in [0.2, 0.25) is 17.7 Å². The molecule has 1 aromatic rings. The van der Waals surface area contributed by atoms with Gasteiger partial charge in [0.25, 0.3) is 0 Å². The van der Waals surface area contributed by atoms with Crippen LogP contribution in [0.1, 0.15) is 72.3 Å². The molecule has 292 valence electrons. The van der Waals surface area contributed by atoms with Crippen LogP contribution < -0.4 is 10.6 Å². The van der Waals surface area contributed by atoms with Gasteiger partial charge in [0, 0.05) is 47.4 Å². The molecule has 6 atom stereocenters. The maximum Gasteiger partial charge on any atom is 0.317 e. The number of aliphatic hydroxyl groups excluding tert-OH is 1. The topological polar surface area (TPSA) is 150 Å². The van der Waals surface area contributed by atoms with Gasteiger partial charge in [-0.3, -0.25) is 14.4 Å². The summed E-state index contributed by atoms with van der Waals surface area (Å²) in [7, 11) is 4.76. The molecule has 0 spiro atoms. The summed E-state index contributed by atoms with van der Waals surface area (Å²) in [5.74, 6) is -1.13. The van der Waals surface area contributed by atoms with Crippen molar-refractivity contribution in [1.82, 2.24) is 25.3 Å². The number of hydrogen-bond acceptors (Lipinski definition) is 8. The molecule has 1 aromatic carbocycles. The lowest BCUT2D eigenvalue weighted by atomic mass is 9.90. The van der Waals surface area contributed by atoms with E-state index >= 15 is 0 Å². The first-order chi connectivity index (χ1) is 24.4. The number of hydrogen-bond donors (Lipinski definition) is 3. The number of rotatable bonds is 15. The maximum atomic E-state index is 13.7. The average Bonchev–Trinajstić information content (AvgIpc) is 3.63. The van der Waals surface area contributed by atoms with Gasteiger partial charge >= 0.3 is 6.03 Å². The van der Waals surface area contributed by atoms with Crippen LogP contribution in [0, 0.1) is 18.8 Å². The van der Waals surface area contributed by atoms with E-state index < -0.39 is 24.2 Å². The lowest BCUT2D eigenvalue weighted by Crippen LogP contribution is -2.55. The standard InChI is InChI=1S/C28H51N5O8.C7H8.C3H8/c1-7-19(2)25(31(4)24(36)18-30-28(38)32-12-15-41-16-13-32)22(39-5)17-23(35)33-11-8-9-21(33)26(40-6)20(3)27(37)29-10-14-34;1-7-5-3-2-4-6-7;1-3-2/h19-22,25-26,34H,7-18H2,1-6H3,(H,29,37)(H,30,38);2-6H,1H3;3H2,1-2H3. The van der Waals surface area contributed by atoms with Crippen molar-refractivity contribution >= 4 is 23.8 Å². The molecule has 0 aliphatic carbocycles. The van der Waals surface area contributed by atoms with E-state index in [0.29, 0.717) is 39.3 Å². The monoisotopic (exact) mass is 721 g/mol. The third-order valence-corrected chi connectivity index (χ3v) is 9.35. The zero-order valence-electron chi connectivity index (χ0n) is 32.7. The first-order valence-electron chi connectivity index (χ1n) is 18.5. The number of likely N-dealkylation sites (N-methyl/N-ethyl adjacent to an activating group) is 1. The SMILES string of the molecule is CCC.CCC(C)C(C(CC(=O)N1CCCC1C(OC)C(C)C(=O)NCCO)OC)N(C)C(=O)CNC(=O)N1CCOCC1.Cc1ccccc1. The molecule has 2 aliphatic rings. The van der Waals surface area contributed by atoms with Gasteiger partial charge < -0.3 is 44.7 Å². The molecule has 0 saturated carbocycles. The van der Waals surface area contributed by atoms with Crippen LogP contribution in [-0.2, 0) is 28.6 Å². The average molecular weight is 722 g/mol. The molecular weight excluding hydrogens is 654 g/mol. The highest BCUT2D eigenvalue weighted by Crippen LogP contribution is 2.29. The fourth-order valence-corrected chi connectivity index (χ4v) is 6.35. The van der Waals surface area contributed by atoms with E-state index in [4.69, 9.17) is 19.3 Å². The predicted octanol–water partition coefficient (Wildman–Crippen LogP) is 3.47. The van der Waals surface area contributed by atoms with Crippen molar-refractivity contribution in [3.63, 3.8) is 0 Å². The highest BCUT2D eigenvalue weighted by molar-refractivity contribution is 5.84. The van der Waals surface area contributed by atoms with Crippen molar-refractivity contribution in [2.24, 2.45) is 11.8 Å². The minimum Gasteiger partial charge on any atom is -0.395 e. The van der Waals surface area contributed by atoms with E-state index in [2.05, 4.69) is 43.5 Å². The summed E-state index contributed by atoms with van der Waals surface area (Å²) in [6, 6.07) is 9.28. The van der Waals surface area contributed by atoms with Gasteiger partial charge in [-0.05, 0) is 25.7 Å². The minimum atomic E-state index is -0.575. The fraction of sp³-hybridized carbons (Fsp3) is 0.737. The van der Waals surface area contributed by atoms with Gasteiger partial charge in [0.1, 0.15) is 0 Å². The highest BCUT2D eigenvalue weighted by Gasteiger charge is 2.42. The molecule has 3 rings (SSSR count). The molecule has 3 N–H and O–H groups in total. The number of carbonyl (C=O) groups is 4. The summed E-state index contributed by atoms with van der Waals surface area (Å²) < 4.78 is 16.8. The zero-order valence-corrected chi connectivity index (χ0v) is 32.7. The number of morpholine rings is 1. The molecule has 2 fully saturated rings. The van der Waals surface area contributed by atoms with Crippen molar-refractivity contribution in [1.29, 1.82) is 0 Å². The number of amides is 5. The molecule has 2 heterocycles. The molecule has 5 amide bonds. The van der Waals surface area contributed by atoms with Gasteiger partial charge in [-0.15, -0.1) is 0 Å². The largest absolute Gasteiger partial charge is 0.395 e. The van der Waals surface area contributed by atoms with Crippen LogP contribution in [0.25, 0.3) is 0 Å². The summed E-state index contributed by atoms with van der Waals surface area (Å²) in [6.45, 7) is 14.4. The Bertz CT molecular complexity index is 1140. The van der Waals surface area contributed by atoms with E-state index in [1.807, 2.05) is 32.0 Å². The molecule has 13 heteroatoms. The first-order valence-corrected chi connectivity index (χ1v) is 18.5. The number of aryl methyl sites for hydroxylation is 1. The first kappa shape index (κ1) is 45.8. The maximum absolute atomic E-state index is 13.7. The second-order valence-corrected chi connectivity index (χ2v) is 13.3. The Morgan fingerprint density at radius 3 is 2.14 bits per heavy atom. The zero-order chi connectivity index (χ0) is 38.3. The predicted molar refractivity (Wildman–Crippen MR) is 199 cm³/mol. The Morgan fingerprint density at radius 1 is 1.00 bits per heavy atom. The number of aliphatic hydroxyl groups is 1. The van der Waals surface area contributed by atoms with Crippen LogP contribution in [0.3, 0.4) is 0 Å². The van der Waals surface area contributed by atoms with E-state index in [1.165, 1.54) is 19.1 Å². The second-order valence-electron chi connectivity index (χ2n) is 13.3. The number of ether oxygens (including phenoxy) is 3. The Kier molecular flexibility index (Phi) is 23.0. The molecular formula is C38H67N5O8. The lowest BCUT2D eigenvalue weighted by Gasteiger charge is -2.39. The Balaban J connectivity index is 0.00000112. The number of nitrogens with one attached hydrogen (secondary N) is 2. The molecule has 6 unspecified atom stereocenters. The Morgan fingerprint density at radius 2 is 1.63 bits per heavy atom. The molecule has 0 bridgehead atoms. The van der Waals surface area contributed by atoms with E-state index in [9.17, 15) is 19.2 Å². The molecule has 0 radical (unpaired) electrons. The smallest absolute Gasteiger partial charge is 0.317 e. The van der Waals surface area contributed by atoms with Gasteiger partial charge in [-0.2, -0.15) is 0 Å². The number of likely N-dealkylation sites (tertiary alicyclic amines) is 1. The van der Waals surface area contributed by atoms with Crippen LogP contribution >= 0.6 is 0 Å². The number of nitrogens with zero attached hydrogens (tertiary/aromatic N) is 3. The van der Waals surface area contributed by atoms with Crippen molar-refractivity contribution in [2.45, 2.75) is 97.9 Å². The summed E-state index contributed by atoms with van der Waals surface area (Å²) in [6.07, 6.45) is 2.47. The number of urea groups is 1. The van der Waals surface area contributed by atoms with Gasteiger partial charge in [0.15, 0.2) is 0 Å². The van der Waals surface area contributed by atoms with Crippen LogP contribution in [0.2, 0.25) is 0 Å². The van der Waals surface area contributed by atoms with Gasteiger partial charge in [-0.1, -0.05) is 83.4 Å². The normalized spacial score (nSPS) is 18.4. The lowest BCUT2D eigenvalue weighted by molar-refractivity contribution is -0.145. The summed E-state index contributed by atoms with van der Waals surface area (Å²) in [4.78, 5) is 56.9. The van der Waals surface area contributed by atoms with E-state index in [0.717, 1.165) is 12.8 Å². The van der Waals surface area contributed by atoms with Gasteiger partial charge in [-0.25, -0.2) is 4.79 Å². The van der Waals surface area contributed by atoms with Crippen LogP contribution in [0.5, 0.6) is 0 Å². The van der Waals surface area contributed by atoms with Gasteiger partial charge in [0.05, 0.1) is 63.0 Å². The van der Waals surface area contributed by atoms with Crippen molar-refractivity contribution in [2.75, 3.05) is 73.8 Å². The van der Waals surface area contributed by atoms with Crippen molar-refractivity contribution in [3.8, 4) is 0 Å². The van der Waals surface area contributed by atoms with E-state index in [1.54, 1.807) is 35.8 Å². The summed E-state index contributed by atoms with van der Waals surface area (Å²) >= 11 is 0. The quantitative estimate of drug-likeness (QED) is 0.249. The van der Waals surface area contributed by atoms with Crippen LogP contribution in [0.15, 0.2) is 30.3 Å². The minimum absolute atomic E-state index is 0.0213. The fourth-order valence-electron chi connectivity index (χ4n) is 6.35. The molecule has 2 saturated heterocycles. The van der Waals surface area contributed by atoms with Crippen LogP contribution in [0.4, 0.5) is 4.79 Å². The molecule has 51 heavy (non-hydrogen) atoms.